The van der Waals surface area contributed by atoms with Crippen LogP contribution in [-0.4, -0.2) is 13.1 Å². The van der Waals surface area contributed by atoms with Gasteiger partial charge < -0.3 is 5.32 Å². The molecule has 1 aliphatic heterocycles. The number of rotatable bonds is 0. The van der Waals surface area contributed by atoms with Crippen molar-refractivity contribution in [2.75, 3.05) is 13.1 Å². The van der Waals surface area contributed by atoms with E-state index in [2.05, 4.69) is 41.7 Å². The fourth-order valence-electron chi connectivity index (χ4n) is 2.74. The highest BCUT2D eigenvalue weighted by atomic mass is 14.9. The van der Waals surface area contributed by atoms with Crippen LogP contribution in [0.4, 0.5) is 0 Å². The van der Waals surface area contributed by atoms with Gasteiger partial charge in [-0.2, -0.15) is 0 Å². The lowest BCUT2D eigenvalue weighted by molar-refractivity contribution is 0.378. The van der Waals surface area contributed by atoms with Crippen molar-refractivity contribution in [2.24, 2.45) is 0 Å². The number of nitrogens with one attached hydrogen (secondary N) is 1. The van der Waals surface area contributed by atoms with Crippen LogP contribution in [0.1, 0.15) is 51.7 Å². The van der Waals surface area contributed by atoms with Crippen LogP contribution in [-0.2, 0) is 5.41 Å². The maximum Gasteiger partial charge on any atom is 0.0165 e. The van der Waals surface area contributed by atoms with Crippen LogP contribution in [0.5, 0.6) is 0 Å². The van der Waals surface area contributed by atoms with Gasteiger partial charge in [0.05, 0.1) is 0 Å². The summed E-state index contributed by atoms with van der Waals surface area (Å²) in [6, 6.07) is 8.81. The van der Waals surface area contributed by atoms with Gasteiger partial charge in [-0.15, -0.1) is 0 Å². The fourth-order valence-corrected chi connectivity index (χ4v) is 2.74. The quantitative estimate of drug-likeness (QED) is 0.715. The summed E-state index contributed by atoms with van der Waals surface area (Å²) in [4.78, 5) is 0. The average Bonchev–Trinajstić information content (AvgIpc) is 2.83. The molecule has 1 heteroatoms. The molecule has 1 heterocycles. The molecule has 0 aromatic heterocycles. The molecule has 1 spiro atoms. The number of allylic oxidation sites excluding steroid dienone is 1. The van der Waals surface area contributed by atoms with Gasteiger partial charge in [0, 0.05) is 5.41 Å². The van der Waals surface area contributed by atoms with Crippen molar-refractivity contribution >= 4 is 6.08 Å². The highest BCUT2D eigenvalue weighted by molar-refractivity contribution is 5.65. The molecule has 2 aliphatic rings. The van der Waals surface area contributed by atoms with E-state index in [-0.39, 0.29) is 0 Å². The predicted molar refractivity (Wildman–Crippen MR) is 82.0 cm³/mol. The van der Waals surface area contributed by atoms with E-state index >= 15 is 0 Å². The van der Waals surface area contributed by atoms with E-state index < -0.39 is 0 Å². The van der Waals surface area contributed by atoms with Gasteiger partial charge in [-0.3, -0.25) is 0 Å². The molecule has 1 aromatic rings. The monoisotopic (exact) mass is 245 g/mol. The van der Waals surface area contributed by atoms with Crippen LogP contribution in [0, 0.1) is 0 Å². The normalized spacial score (nSPS) is 18.2. The Morgan fingerprint density at radius 3 is 2.22 bits per heavy atom. The Hall–Kier alpha value is -1.08. The molecular formula is C17H27N. The SMILES string of the molecule is C1=CC2(CCNCC2)c2ccccc21.CC.CC. The first-order chi connectivity index (χ1) is 8.91. The Morgan fingerprint density at radius 1 is 0.944 bits per heavy atom. The van der Waals surface area contributed by atoms with Crippen LogP contribution < -0.4 is 5.32 Å². The maximum atomic E-state index is 3.43. The van der Waals surface area contributed by atoms with Crippen molar-refractivity contribution in [3.05, 3.63) is 41.5 Å². The van der Waals surface area contributed by atoms with Crippen LogP contribution in [0.2, 0.25) is 0 Å². The number of piperidine rings is 1. The first kappa shape index (κ1) is 15.0. The van der Waals surface area contributed by atoms with Crippen molar-refractivity contribution in [3.63, 3.8) is 0 Å². The second kappa shape index (κ2) is 7.38. The van der Waals surface area contributed by atoms with Crippen molar-refractivity contribution in [2.45, 2.75) is 46.0 Å². The first-order valence-corrected chi connectivity index (χ1v) is 7.40. The Morgan fingerprint density at radius 2 is 1.56 bits per heavy atom. The van der Waals surface area contributed by atoms with Crippen molar-refractivity contribution in [1.29, 1.82) is 0 Å². The van der Waals surface area contributed by atoms with Gasteiger partial charge in [0.15, 0.2) is 0 Å². The van der Waals surface area contributed by atoms with E-state index in [4.69, 9.17) is 0 Å². The molecule has 1 nitrogen and oxygen atoms in total. The van der Waals surface area contributed by atoms with Gasteiger partial charge in [0.2, 0.25) is 0 Å². The van der Waals surface area contributed by atoms with Crippen molar-refractivity contribution in [1.82, 2.24) is 5.32 Å². The van der Waals surface area contributed by atoms with E-state index in [9.17, 15) is 0 Å². The first-order valence-electron chi connectivity index (χ1n) is 7.40. The standard InChI is InChI=1S/C13H15N.2C2H6/c1-2-4-12-11(3-1)5-6-13(12)7-9-14-10-8-13;2*1-2/h1-6,14H,7-10H2;2*1-2H3. The fraction of sp³-hybridized carbons (Fsp3) is 0.529. The Labute approximate surface area is 112 Å². The summed E-state index contributed by atoms with van der Waals surface area (Å²) in [5, 5.41) is 3.43. The maximum absolute atomic E-state index is 3.43. The third kappa shape index (κ3) is 2.84. The zero-order chi connectivity index (χ0) is 13.4. The second-order valence-corrected chi connectivity index (χ2v) is 4.33. The van der Waals surface area contributed by atoms with Gasteiger partial charge in [-0.25, -0.2) is 0 Å². The molecule has 0 unspecified atom stereocenters. The smallest absolute Gasteiger partial charge is 0.0165 e. The lowest BCUT2D eigenvalue weighted by atomic mass is 9.75. The van der Waals surface area contributed by atoms with Crippen LogP contribution in [0.3, 0.4) is 0 Å². The minimum absolute atomic E-state index is 0.363. The lowest BCUT2D eigenvalue weighted by Crippen LogP contribution is -2.37. The third-order valence-corrected chi connectivity index (χ3v) is 3.57. The highest BCUT2D eigenvalue weighted by Gasteiger charge is 2.35. The number of benzene rings is 1. The molecule has 0 amide bonds. The topological polar surface area (TPSA) is 12.0 Å². The Balaban J connectivity index is 0.000000371. The molecule has 3 rings (SSSR count). The molecule has 1 aromatic carbocycles. The highest BCUT2D eigenvalue weighted by Crippen LogP contribution is 2.41. The van der Waals surface area contributed by atoms with Crippen molar-refractivity contribution in [3.8, 4) is 0 Å². The number of fused-ring (bicyclic) bond motifs is 2. The summed E-state index contributed by atoms with van der Waals surface area (Å²) in [7, 11) is 0. The van der Waals surface area contributed by atoms with E-state index in [1.807, 2.05) is 27.7 Å². The third-order valence-electron chi connectivity index (χ3n) is 3.57. The summed E-state index contributed by atoms with van der Waals surface area (Å²) in [6.07, 6.45) is 7.21. The molecule has 18 heavy (non-hydrogen) atoms. The van der Waals surface area contributed by atoms with E-state index in [1.165, 1.54) is 18.4 Å². The van der Waals surface area contributed by atoms with Gasteiger partial charge >= 0.3 is 0 Å². The molecule has 0 radical (unpaired) electrons. The summed E-state index contributed by atoms with van der Waals surface area (Å²) in [5.41, 5.74) is 3.33. The molecule has 1 fully saturated rings. The summed E-state index contributed by atoms with van der Waals surface area (Å²) in [5.74, 6) is 0. The molecule has 1 saturated heterocycles. The van der Waals surface area contributed by atoms with Crippen molar-refractivity contribution < 1.29 is 0 Å². The molecule has 0 bridgehead atoms. The molecule has 100 valence electrons. The molecule has 0 saturated carbocycles. The minimum atomic E-state index is 0.363. The van der Waals surface area contributed by atoms with Gasteiger partial charge in [0.25, 0.3) is 0 Å². The average molecular weight is 245 g/mol. The van der Waals surface area contributed by atoms with Crippen LogP contribution >= 0.6 is 0 Å². The van der Waals surface area contributed by atoms with Crippen LogP contribution in [0.25, 0.3) is 6.08 Å². The second-order valence-electron chi connectivity index (χ2n) is 4.33. The Kier molecular flexibility index (Phi) is 6.14. The zero-order valence-corrected chi connectivity index (χ0v) is 12.3. The molecule has 1 N–H and O–H groups in total. The summed E-state index contributed by atoms with van der Waals surface area (Å²) >= 11 is 0. The van der Waals surface area contributed by atoms with Gasteiger partial charge in [-0.05, 0) is 37.1 Å². The Bertz CT molecular complexity index is 373. The largest absolute Gasteiger partial charge is 0.317 e. The molecular weight excluding hydrogens is 218 g/mol. The van der Waals surface area contributed by atoms with E-state index in [1.54, 1.807) is 5.56 Å². The summed E-state index contributed by atoms with van der Waals surface area (Å²) < 4.78 is 0. The van der Waals surface area contributed by atoms with Gasteiger partial charge in [-0.1, -0.05) is 64.1 Å². The molecule has 1 aliphatic carbocycles. The number of hydrogen-bond acceptors (Lipinski definition) is 1. The predicted octanol–water partition coefficient (Wildman–Crippen LogP) is 4.39. The molecule has 0 atom stereocenters. The summed E-state index contributed by atoms with van der Waals surface area (Å²) in [6.45, 7) is 10.3. The van der Waals surface area contributed by atoms with E-state index in [0.29, 0.717) is 5.41 Å². The zero-order valence-electron chi connectivity index (χ0n) is 12.3. The number of hydrogen-bond donors (Lipinski definition) is 1. The van der Waals surface area contributed by atoms with Gasteiger partial charge in [0.1, 0.15) is 0 Å². The lowest BCUT2D eigenvalue weighted by Gasteiger charge is -2.33. The minimum Gasteiger partial charge on any atom is -0.317 e. The van der Waals surface area contributed by atoms with Crippen LogP contribution in [0.15, 0.2) is 30.3 Å². The van der Waals surface area contributed by atoms with E-state index in [0.717, 1.165) is 13.1 Å².